The van der Waals surface area contributed by atoms with Crippen LogP contribution in [0.15, 0.2) is 46.9 Å². The van der Waals surface area contributed by atoms with E-state index in [4.69, 9.17) is 11.6 Å². The Morgan fingerprint density at radius 3 is 2.77 bits per heavy atom. The van der Waals surface area contributed by atoms with Crippen LogP contribution in [-0.2, 0) is 12.8 Å². The molecule has 1 unspecified atom stereocenters. The van der Waals surface area contributed by atoms with Gasteiger partial charge in [0, 0.05) is 16.0 Å². The molecule has 1 heterocycles. The van der Waals surface area contributed by atoms with Crippen LogP contribution in [0.2, 0.25) is 5.02 Å². The molecule has 1 aliphatic heterocycles. The van der Waals surface area contributed by atoms with Gasteiger partial charge in [-0.1, -0.05) is 57.9 Å². The van der Waals surface area contributed by atoms with Crippen molar-refractivity contribution in [2.75, 3.05) is 6.54 Å². The molecule has 0 radical (unpaired) electrons. The molecule has 0 aliphatic carbocycles. The zero-order valence-electron chi connectivity index (χ0n) is 11.8. The van der Waals surface area contributed by atoms with E-state index in [-0.39, 0.29) is 6.04 Å². The molecule has 1 N–H and O–H groups in total. The first-order chi connectivity index (χ1) is 10.6. The van der Waals surface area contributed by atoms with Gasteiger partial charge < -0.3 is 10.0 Å². The third kappa shape index (κ3) is 2.85. The quantitative estimate of drug-likeness (QED) is 0.803. The summed E-state index contributed by atoms with van der Waals surface area (Å²) in [6.07, 6.45) is 0.417. The molecule has 3 nitrogen and oxygen atoms in total. The number of hydrogen-bond acceptors (Lipinski definition) is 1. The summed E-state index contributed by atoms with van der Waals surface area (Å²) < 4.78 is 0.952. The van der Waals surface area contributed by atoms with Crippen molar-refractivity contribution in [3.05, 3.63) is 68.7 Å². The minimum Gasteiger partial charge on any atom is -0.465 e. The molecule has 22 heavy (non-hydrogen) atoms. The summed E-state index contributed by atoms with van der Waals surface area (Å²) in [6.45, 7) is 0.508. The molecule has 0 aromatic heterocycles. The fourth-order valence-corrected chi connectivity index (χ4v) is 3.92. The highest BCUT2D eigenvalue weighted by atomic mass is 79.9. The van der Waals surface area contributed by atoms with Gasteiger partial charge >= 0.3 is 6.09 Å². The number of carbonyl (C=O) groups is 1. The summed E-state index contributed by atoms with van der Waals surface area (Å²) in [7, 11) is 0. The number of carboxylic acid groups (broad SMARTS) is 1. The third-order valence-electron chi connectivity index (χ3n) is 4.09. The molecule has 1 atom stereocenters. The third-order valence-corrected chi connectivity index (χ3v) is 5.15. The molecule has 0 saturated heterocycles. The molecule has 1 amide bonds. The zero-order valence-corrected chi connectivity index (χ0v) is 14.1. The van der Waals surface area contributed by atoms with Crippen molar-refractivity contribution in [2.45, 2.75) is 18.9 Å². The Bertz CT molecular complexity index is 720. The van der Waals surface area contributed by atoms with Crippen LogP contribution >= 0.6 is 27.5 Å². The molecular weight excluding hydrogens is 366 g/mol. The lowest BCUT2D eigenvalue weighted by molar-refractivity contribution is 0.119. The van der Waals surface area contributed by atoms with Crippen LogP contribution in [0.1, 0.15) is 22.7 Å². The van der Waals surface area contributed by atoms with Gasteiger partial charge in [-0.3, -0.25) is 0 Å². The van der Waals surface area contributed by atoms with Crippen molar-refractivity contribution in [2.24, 2.45) is 0 Å². The molecule has 3 rings (SSSR count). The Labute approximate surface area is 142 Å². The van der Waals surface area contributed by atoms with Crippen molar-refractivity contribution < 1.29 is 9.90 Å². The van der Waals surface area contributed by atoms with Crippen LogP contribution in [0, 0.1) is 0 Å². The first-order valence-corrected chi connectivity index (χ1v) is 8.25. The predicted molar refractivity (Wildman–Crippen MR) is 90.5 cm³/mol. The first-order valence-electron chi connectivity index (χ1n) is 7.08. The average molecular weight is 381 g/mol. The number of benzene rings is 2. The van der Waals surface area contributed by atoms with Gasteiger partial charge in [-0.05, 0) is 41.7 Å². The summed E-state index contributed by atoms with van der Waals surface area (Å²) in [6, 6.07) is 13.4. The van der Waals surface area contributed by atoms with Gasteiger partial charge in [0.1, 0.15) is 0 Å². The van der Waals surface area contributed by atoms with Crippen LogP contribution in [0.4, 0.5) is 4.79 Å². The van der Waals surface area contributed by atoms with Gasteiger partial charge in [-0.2, -0.15) is 0 Å². The van der Waals surface area contributed by atoms with Gasteiger partial charge in [-0.25, -0.2) is 4.79 Å². The van der Waals surface area contributed by atoms with E-state index in [1.807, 2.05) is 36.4 Å². The van der Waals surface area contributed by atoms with E-state index in [1.54, 1.807) is 0 Å². The fourth-order valence-electron chi connectivity index (χ4n) is 3.04. The predicted octanol–water partition coefficient (Wildman–Crippen LogP) is 4.92. The van der Waals surface area contributed by atoms with E-state index < -0.39 is 6.09 Å². The van der Waals surface area contributed by atoms with Crippen LogP contribution in [0.3, 0.4) is 0 Å². The summed E-state index contributed by atoms with van der Waals surface area (Å²) in [5.74, 6) is 0. The maximum Gasteiger partial charge on any atom is 0.407 e. The maximum absolute atomic E-state index is 11.6. The number of nitrogens with zero attached hydrogens (tertiary/aromatic N) is 1. The highest BCUT2D eigenvalue weighted by molar-refractivity contribution is 9.10. The van der Waals surface area contributed by atoms with Crippen LogP contribution < -0.4 is 0 Å². The molecule has 0 spiro atoms. The standard InChI is InChI=1S/C17H15BrClNO2/c18-13-6-3-5-11-8-9-20(17(21)22)15(16(11)13)10-12-4-1-2-7-14(12)19/h1-7,15H,8-10H2,(H,21,22). The van der Waals surface area contributed by atoms with Crippen molar-refractivity contribution in [3.8, 4) is 0 Å². The second-order valence-corrected chi connectivity index (χ2v) is 6.61. The van der Waals surface area contributed by atoms with E-state index in [0.29, 0.717) is 18.0 Å². The van der Waals surface area contributed by atoms with E-state index in [1.165, 1.54) is 10.5 Å². The Balaban J connectivity index is 2.05. The molecule has 114 valence electrons. The molecule has 2 aromatic carbocycles. The Hall–Kier alpha value is -1.52. The normalized spacial score (nSPS) is 17.2. The monoisotopic (exact) mass is 379 g/mol. The second-order valence-electron chi connectivity index (χ2n) is 5.35. The number of amides is 1. The Morgan fingerprint density at radius 1 is 1.27 bits per heavy atom. The van der Waals surface area contributed by atoms with Crippen molar-refractivity contribution in [1.29, 1.82) is 0 Å². The number of fused-ring (bicyclic) bond motifs is 1. The lowest BCUT2D eigenvalue weighted by atomic mass is 9.89. The van der Waals surface area contributed by atoms with E-state index >= 15 is 0 Å². The molecule has 2 aromatic rings. The molecule has 5 heteroatoms. The topological polar surface area (TPSA) is 40.5 Å². The highest BCUT2D eigenvalue weighted by Crippen LogP contribution is 2.38. The Kier molecular flexibility index (Phi) is 4.41. The lowest BCUT2D eigenvalue weighted by Crippen LogP contribution is -2.40. The van der Waals surface area contributed by atoms with Crippen LogP contribution in [0.25, 0.3) is 0 Å². The smallest absolute Gasteiger partial charge is 0.407 e. The highest BCUT2D eigenvalue weighted by Gasteiger charge is 2.32. The molecular formula is C17H15BrClNO2. The largest absolute Gasteiger partial charge is 0.465 e. The van der Waals surface area contributed by atoms with Gasteiger partial charge in [-0.15, -0.1) is 0 Å². The van der Waals surface area contributed by atoms with Gasteiger partial charge in [0.15, 0.2) is 0 Å². The van der Waals surface area contributed by atoms with Crippen LogP contribution in [-0.4, -0.2) is 22.6 Å². The molecule has 0 bridgehead atoms. The molecule has 1 aliphatic rings. The van der Waals surface area contributed by atoms with Crippen molar-refractivity contribution >= 4 is 33.6 Å². The maximum atomic E-state index is 11.6. The Morgan fingerprint density at radius 2 is 2.05 bits per heavy atom. The number of hydrogen-bond donors (Lipinski definition) is 1. The fraction of sp³-hybridized carbons (Fsp3) is 0.235. The van der Waals surface area contributed by atoms with E-state index in [0.717, 1.165) is 22.0 Å². The van der Waals surface area contributed by atoms with Crippen molar-refractivity contribution in [1.82, 2.24) is 4.90 Å². The van der Waals surface area contributed by atoms with Crippen LogP contribution in [0.5, 0.6) is 0 Å². The average Bonchev–Trinajstić information content (AvgIpc) is 2.49. The minimum absolute atomic E-state index is 0.225. The number of rotatable bonds is 2. The van der Waals surface area contributed by atoms with Crippen molar-refractivity contribution in [3.63, 3.8) is 0 Å². The second kappa shape index (κ2) is 6.31. The SMILES string of the molecule is O=C(O)N1CCc2cccc(Br)c2C1Cc1ccccc1Cl. The van der Waals surface area contributed by atoms with Gasteiger partial charge in [0.05, 0.1) is 6.04 Å². The minimum atomic E-state index is -0.890. The summed E-state index contributed by atoms with van der Waals surface area (Å²) >= 11 is 9.84. The number of halogens is 2. The zero-order chi connectivity index (χ0) is 15.7. The van der Waals surface area contributed by atoms with E-state index in [9.17, 15) is 9.90 Å². The molecule has 0 saturated carbocycles. The van der Waals surface area contributed by atoms with Gasteiger partial charge in [0.2, 0.25) is 0 Å². The first kappa shape index (κ1) is 15.4. The van der Waals surface area contributed by atoms with E-state index in [2.05, 4.69) is 22.0 Å². The lowest BCUT2D eigenvalue weighted by Gasteiger charge is -2.36. The van der Waals surface area contributed by atoms with Gasteiger partial charge in [0.25, 0.3) is 0 Å². The summed E-state index contributed by atoms with van der Waals surface area (Å²) in [5, 5.41) is 10.2. The molecule has 0 fully saturated rings. The summed E-state index contributed by atoms with van der Waals surface area (Å²) in [5.41, 5.74) is 3.21. The summed E-state index contributed by atoms with van der Waals surface area (Å²) in [4.78, 5) is 13.1.